The van der Waals surface area contributed by atoms with Gasteiger partial charge in [0.25, 0.3) is 6.71 Å². The lowest BCUT2D eigenvalue weighted by Crippen LogP contribution is -2.61. The minimum atomic E-state index is -0.258. The quantitative estimate of drug-likeness (QED) is 0.101. The third kappa shape index (κ3) is 8.63. The molecule has 5 aliphatic rings. The molecule has 1 atom stereocenters. The number of guanidine groups is 2. The number of nitrogens with zero attached hydrogens (tertiary/aromatic N) is 10. The topological polar surface area (TPSA) is 100 Å². The second kappa shape index (κ2) is 19.6. The molecule has 0 bridgehead atoms. The van der Waals surface area contributed by atoms with Crippen LogP contribution < -0.4 is 26.4 Å². The van der Waals surface area contributed by atoms with E-state index in [0.717, 1.165) is 91.8 Å². The number of aliphatic imine (C=N–C) groups is 4. The smallest absolute Gasteiger partial charge is 0.302 e. The number of hydrogen-bond donors (Lipinski definition) is 0. The van der Waals surface area contributed by atoms with E-state index in [2.05, 4.69) is 205 Å². The van der Waals surface area contributed by atoms with E-state index in [9.17, 15) is 0 Å². The van der Waals surface area contributed by atoms with E-state index in [-0.39, 0.29) is 23.5 Å². The zero-order chi connectivity index (χ0) is 56.0. The molecule has 400 valence electrons. The Morgan fingerprint density at radius 1 is 0.512 bits per heavy atom. The number of fused-ring (bicyclic) bond motifs is 4. The first kappa shape index (κ1) is 50.7. The van der Waals surface area contributed by atoms with Crippen LogP contribution in [-0.2, 0) is 10.8 Å². The van der Waals surface area contributed by atoms with Gasteiger partial charge in [0.1, 0.15) is 5.76 Å². The highest BCUT2D eigenvalue weighted by Gasteiger charge is 2.49. The fourth-order valence-corrected chi connectivity index (χ4v) is 12.0. The van der Waals surface area contributed by atoms with Gasteiger partial charge in [0.05, 0.1) is 27.1 Å². The van der Waals surface area contributed by atoms with Crippen LogP contribution in [0.15, 0.2) is 235 Å². The molecule has 1 aromatic heterocycles. The van der Waals surface area contributed by atoms with Crippen molar-refractivity contribution in [1.29, 1.82) is 0 Å². The lowest BCUT2D eigenvalue weighted by Gasteiger charge is -2.43. The number of benzene rings is 8. The van der Waals surface area contributed by atoms with Crippen LogP contribution in [0, 0.1) is 0 Å². The predicted molar refractivity (Wildman–Crippen MR) is 336 cm³/mol. The summed E-state index contributed by atoms with van der Waals surface area (Å²) >= 11 is 0. The Labute approximate surface area is 479 Å². The van der Waals surface area contributed by atoms with Crippen molar-refractivity contribution in [3.8, 4) is 22.5 Å². The maximum Gasteiger partial charge on any atom is 0.302 e. The Kier molecular flexibility index (Phi) is 12.1. The fraction of sp³-hybridized carbons (Fsp3) is 0.186. The van der Waals surface area contributed by atoms with Crippen LogP contribution in [0.25, 0.3) is 22.5 Å². The van der Waals surface area contributed by atoms with Crippen molar-refractivity contribution in [3.63, 3.8) is 0 Å². The molecule has 0 spiro atoms. The number of amidine groups is 3. The average molecular weight is 1070 g/mol. The number of hydrogen-bond acceptors (Lipinski definition) is 10. The van der Waals surface area contributed by atoms with Gasteiger partial charge in [-0.15, -0.1) is 0 Å². The molecule has 0 radical (unpaired) electrons. The van der Waals surface area contributed by atoms with E-state index in [0.29, 0.717) is 29.4 Å². The zero-order valence-corrected chi connectivity index (χ0v) is 47.5. The first-order valence-corrected chi connectivity index (χ1v) is 28.6. The third-order valence-electron chi connectivity index (χ3n) is 16.3. The van der Waals surface area contributed by atoms with Crippen LogP contribution in [0.4, 0.5) is 34.1 Å². The van der Waals surface area contributed by atoms with Crippen LogP contribution >= 0.6 is 0 Å². The Morgan fingerprint density at radius 3 is 1.63 bits per heavy atom. The molecule has 8 aromatic carbocycles. The summed E-state index contributed by atoms with van der Waals surface area (Å²) in [4.78, 5) is 26.5. The van der Waals surface area contributed by atoms with Crippen LogP contribution in [0.5, 0.6) is 0 Å². The SMILES string of the molecule is CCCC(C)c1cc2c3c(c1)N(c1ccc(C4=N[N+]5=NC(c6ccccc6)=NC6=NC(c7ccccc7)=NC(=N4)N65)cc1)c1c(oc(-c4ccccc4)c1-c1ccccc1)B3c1cc(C(C)(C)C)ccc1N2c1ccc(C(C)(C)C)cc1. The summed E-state index contributed by atoms with van der Waals surface area (Å²) in [5.74, 6) is 3.26. The number of rotatable bonds is 10. The molecule has 82 heavy (non-hydrogen) atoms. The summed E-state index contributed by atoms with van der Waals surface area (Å²) in [7, 11) is 0. The van der Waals surface area contributed by atoms with Gasteiger partial charge in [0, 0.05) is 55.7 Å². The summed E-state index contributed by atoms with van der Waals surface area (Å²) in [5, 5.41) is 11.7. The molecule has 11 nitrogen and oxygen atoms in total. The van der Waals surface area contributed by atoms with Gasteiger partial charge in [0.2, 0.25) is 11.7 Å². The molecule has 6 heterocycles. The van der Waals surface area contributed by atoms with Crippen molar-refractivity contribution in [1.82, 2.24) is 5.01 Å². The van der Waals surface area contributed by atoms with Gasteiger partial charge in [-0.25, -0.2) is 0 Å². The van der Waals surface area contributed by atoms with Crippen LogP contribution in [0.3, 0.4) is 0 Å². The van der Waals surface area contributed by atoms with Gasteiger partial charge >= 0.3 is 11.9 Å². The molecular weight excluding hydrogens is 1010 g/mol. The Hall–Kier alpha value is -9.55. The number of furan rings is 1. The van der Waals surface area contributed by atoms with E-state index in [4.69, 9.17) is 34.6 Å². The molecule has 0 amide bonds. The number of hydrazine groups is 1. The number of anilines is 6. The van der Waals surface area contributed by atoms with E-state index < -0.39 is 0 Å². The Bertz CT molecular complexity index is 4150. The summed E-state index contributed by atoms with van der Waals surface area (Å²) in [6, 6.07) is 71.1. The van der Waals surface area contributed by atoms with Gasteiger partial charge in [0.15, 0.2) is 10.8 Å². The molecule has 0 aliphatic carbocycles. The highest BCUT2D eigenvalue weighted by atomic mass is 16.3. The second-order valence-corrected chi connectivity index (χ2v) is 23.9. The maximum atomic E-state index is 7.71. The summed E-state index contributed by atoms with van der Waals surface area (Å²) in [5.41, 5.74) is 19.1. The molecule has 0 N–H and O–H groups in total. The van der Waals surface area contributed by atoms with Gasteiger partial charge in [-0.3, -0.25) is 0 Å². The van der Waals surface area contributed by atoms with Crippen molar-refractivity contribution in [2.24, 2.45) is 30.2 Å². The largest absolute Gasteiger partial charge is 0.467 e. The fourth-order valence-electron chi connectivity index (χ4n) is 12.0. The molecule has 1 unspecified atom stereocenters. The highest BCUT2D eigenvalue weighted by Crippen LogP contribution is 2.52. The predicted octanol–water partition coefficient (Wildman–Crippen LogP) is 15.2. The van der Waals surface area contributed by atoms with Crippen LogP contribution in [0.1, 0.15) is 108 Å². The molecular formula is C70H62BN10O+. The Morgan fingerprint density at radius 2 is 1.02 bits per heavy atom. The van der Waals surface area contributed by atoms with Gasteiger partial charge in [-0.2, -0.15) is 20.0 Å². The molecule has 0 saturated carbocycles. The minimum absolute atomic E-state index is 0.00704. The number of hydrazone groups is 1. The van der Waals surface area contributed by atoms with Crippen molar-refractivity contribution < 1.29 is 9.33 Å². The molecule has 9 aromatic rings. The van der Waals surface area contributed by atoms with E-state index in [1.165, 1.54) is 32.5 Å². The van der Waals surface area contributed by atoms with E-state index in [1.54, 1.807) is 5.01 Å². The minimum Gasteiger partial charge on any atom is -0.467 e. The van der Waals surface area contributed by atoms with Gasteiger partial charge in [-0.1, -0.05) is 207 Å². The zero-order valence-electron chi connectivity index (χ0n) is 47.5. The van der Waals surface area contributed by atoms with Crippen molar-refractivity contribution in [3.05, 3.63) is 234 Å². The molecule has 0 fully saturated rings. The lowest BCUT2D eigenvalue weighted by atomic mass is 9.35. The van der Waals surface area contributed by atoms with Crippen LogP contribution in [0.2, 0.25) is 0 Å². The summed E-state index contributed by atoms with van der Waals surface area (Å²) in [6.07, 6.45) is 2.10. The van der Waals surface area contributed by atoms with Gasteiger partial charge < -0.3 is 14.2 Å². The van der Waals surface area contributed by atoms with Gasteiger partial charge in [-0.05, 0) is 111 Å². The average Bonchev–Trinajstić information content (AvgIpc) is 3.01. The molecule has 5 aliphatic heterocycles. The van der Waals surface area contributed by atoms with Crippen molar-refractivity contribution >= 4 is 86.8 Å². The highest BCUT2D eigenvalue weighted by molar-refractivity contribution is 6.99. The third-order valence-corrected chi connectivity index (χ3v) is 16.3. The first-order valence-electron chi connectivity index (χ1n) is 28.6. The first-order chi connectivity index (χ1) is 39.8. The summed E-state index contributed by atoms with van der Waals surface area (Å²) in [6.45, 7) is 18.2. The Balaban J connectivity index is 1.01. The second-order valence-electron chi connectivity index (χ2n) is 23.9. The standard InChI is InChI=1S/C70H62BN10O/c1-9-22-44(2)50-41-57-60-58(42-50)79(54-36-31-49(32-37-54)66-75-68-73-64(47-27-18-12-19-28-47)72-67-74-65(48-29-20-13-21-30-48)76-81(77-66)80(67)68)61-59(45-23-14-10-15-24-45)62(46-25-16-11-17-26-46)82-63(61)71(60)55-43-52(70(6,7)8)35-40-56(55)78(57)53-38-33-51(34-39-53)69(3,4)5/h10-21,23-44H,9,22H2,1-8H3/q+1. The molecule has 14 rings (SSSR count). The molecule has 0 saturated heterocycles. The van der Waals surface area contributed by atoms with E-state index >= 15 is 0 Å². The lowest BCUT2D eigenvalue weighted by molar-refractivity contribution is -0.705. The maximum absolute atomic E-state index is 7.71. The van der Waals surface area contributed by atoms with Crippen molar-refractivity contribution in [2.75, 3.05) is 9.80 Å². The van der Waals surface area contributed by atoms with Crippen molar-refractivity contribution in [2.45, 2.75) is 85.0 Å². The monoisotopic (exact) mass is 1070 g/mol. The van der Waals surface area contributed by atoms with E-state index in [1.807, 2.05) is 60.7 Å². The normalized spacial score (nSPS) is 15.5. The molecule has 12 heteroatoms. The van der Waals surface area contributed by atoms with Crippen LogP contribution in [-0.4, -0.2) is 46.1 Å². The summed E-state index contributed by atoms with van der Waals surface area (Å²) < 4.78 is 7.71.